The van der Waals surface area contributed by atoms with Crippen LogP contribution in [0.1, 0.15) is 11.1 Å². The molecular formula is C15H20N2O2. The number of hydrogen-bond acceptors (Lipinski definition) is 2. The second kappa shape index (κ2) is 6.73. The SMILES string of the molecule is C=CC(=O)N(C)CC(=O)N(C)Cc1ccccc1C. The molecule has 2 amide bonds. The van der Waals surface area contributed by atoms with Crippen LogP contribution >= 0.6 is 0 Å². The predicted molar refractivity (Wildman–Crippen MR) is 75.5 cm³/mol. The molecule has 0 radical (unpaired) electrons. The van der Waals surface area contributed by atoms with Gasteiger partial charge < -0.3 is 9.80 Å². The number of carbonyl (C=O) groups is 2. The summed E-state index contributed by atoms with van der Waals surface area (Å²) in [5, 5.41) is 0. The summed E-state index contributed by atoms with van der Waals surface area (Å²) >= 11 is 0. The van der Waals surface area contributed by atoms with Crippen LogP contribution in [0, 0.1) is 6.92 Å². The third-order valence-electron chi connectivity index (χ3n) is 3.02. The fraction of sp³-hybridized carbons (Fsp3) is 0.333. The minimum Gasteiger partial charge on any atom is -0.340 e. The Morgan fingerprint density at radius 2 is 1.84 bits per heavy atom. The van der Waals surface area contributed by atoms with Crippen molar-refractivity contribution in [3.8, 4) is 0 Å². The van der Waals surface area contributed by atoms with Crippen molar-refractivity contribution in [1.82, 2.24) is 9.80 Å². The van der Waals surface area contributed by atoms with Crippen LogP contribution in [-0.2, 0) is 16.1 Å². The van der Waals surface area contributed by atoms with E-state index in [1.165, 1.54) is 11.0 Å². The molecule has 1 aromatic carbocycles. The summed E-state index contributed by atoms with van der Waals surface area (Å²) in [5.41, 5.74) is 2.26. The van der Waals surface area contributed by atoms with Crippen LogP contribution in [0.15, 0.2) is 36.9 Å². The van der Waals surface area contributed by atoms with Crippen molar-refractivity contribution in [2.75, 3.05) is 20.6 Å². The van der Waals surface area contributed by atoms with Gasteiger partial charge in [-0.05, 0) is 24.1 Å². The lowest BCUT2D eigenvalue weighted by molar-refractivity contribution is -0.136. The van der Waals surface area contributed by atoms with Crippen LogP contribution in [0.2, 0.25) is 0 Å². The van der Waals surface area contributed by atoms with Gasteiger partial charge in [-0.2, -0.15) is 0 Å². The Kier molecular flexibility index (Phi) is 5.30. The molecule has 4 heteroatoms. The molecule has 0 aliphatic carbocycles. The summed E-state index contributed by atoms with van der Waals surface area (Å²) in [7, 11) is 3.32. The first-order valence-electron chi connectivity index (χ1n) is 6.11. The minimum atomic E-state index is -0.252. The van der Waals surface area contributed by atoms with Gasteiger partial charge in [0.05, 0.1) is 6.54 Å². The van der Waals surface area contributed by atoms with E-state index in [1.807, 2.05) is 31.2 Å². The third-order valence-corrected chi connectivity index (χ3v) is 3.02. The van der Waals surface area contributed by atoms with Crippen molar-refractivity contribution in [3.05, 3.63) is 48.0 Å². The summed E-state index contributed by atoms with van der Waals surface area (Å²) in [6.07, 6.45) is 1.20. The van der Waals surface area contributed by atoms with E-state index in [9.17, 15) is 9.59 Å². The first-order chi connectivity index (χ1) is 8.95. The van der Waals surface area contributed by atoms with E-state index in [-0.39, 0.29) is 18.4 Å². The Balaban J connectivity index is 2.61. The molecule has 1 aromatic rings. The van der Waals surface area contributed by atoms with Gasteiger partial charge in [-0.1, -0.05) is 30.8 Å². The smallest absolute Gasteiger partial charge is 0.246 e. The Morgan fingerprint density at radius 1 is 1.21 bits per heavy atom. The predicted octanol–water partition coefficient (Wildman–Crippen LogP) is 1.60. The van der Waals surface area contributed by atoms with E-state index in [0.717, 1.165) is 11.1 Å². The molecule has 0 aliphatic heterocycles. The van der Waals surface area contributed by atoms with Crippen LogP contribution in [0.5, 0.6) is 0 Å². The van der Waals surface area contributed by atoms with E-state index in [4.69, 9.17) is 0 Å². The summed E-state index contributed by atoms with van der Waals surface area (Å²) in [5.74, 6) is -0.349. The molecule has 0 bridgehead atoms. The van der Waals surface area contributed by atoms with Gasteiger partial charge >= 0.3 is 0 Å². The molecule has 0 fully saturated rings. The molecule has 0 aliphatic rings. The molecule has 0 heterocycles. The van der Waals surface area contributed by atoms with Gasteiger partial charge in [0.2, 0.25) is 11.8 Å². The Hall–Kier alpha value is -2.10. The fourth-order valence-electron chi connectivity index (χ4n) is 1.69. The van der Waals surface area contributed by atoms with Gasteiger partial charge in [0.15, 0.2) is 0 Å². The number of benzene rings is 1. The molecule has 0 atom stereocenters. The van der Waals surface area contributed by atoms with E-state index >= 15 is 0 Å². The molecule has 0 unspecified atom stereocenters. The maximum Gasteiger partial charge on any atom is 0.246 e. The second-order valence-electron chi connectivity index (χ2n) is 4.57. The monoisotopic (exact) mass is 260 g/mol. The lowest BCUT2D eigenvalue weighted by Crippen LogP contribution is -2.38. The highest BCUT2D eigenvalue weighted by Gasteiger charge is 2.14. The van der Waals surface area contributed by atoms with Gasteiger partial charge in [0, 0.05) is 20.6 Å². The van der Waals surface area contributed by atoms with Gasteiger partial charge in [-0.15, -0.1) is 0 Å². The van der Waals surface area contributed by atoms with E-state index in [0.29, 0.717) is 6.54 Å². The largest absolute Gasteiger partial charge is 0.340 e. The highest BCUT2D eigenvalue weighted by molar-refractivity contribution is 5.90. The zero-order chi connectivity index (χ0) is 14.4. The molecule has 0 saturated carbocycles. The highest BCUT2D eigenvalue weighted by Crippen LogP contribution is 2.09. The van der Waals surface area contributed by atoms with Crippen molar-refractivity contribution in [2.45, 2.75) is 13.5 Å². The van der Waals surface area contributed by atoms with Gasteiger partial charge in [-0.25, -0.2) is 0 Å². The average Bonchev–Trinajstić information content (AvgIpc) is 2.40. The highest BCUT2D eigenvalue weighted by atomic mass is 16.2. The standard InChI is InChI=1S/C15H20N2O2/c1-5-14(18)17(4)11-15(19)16(3)10-13-9-7-6-8-12(13)2/h5-9H,1,10-11H2,2-4H3. The van der Waals surface area contributed by atoms with Gasteiger partial charge in [0.25, 0.3) is 0 Å². The van der Waals surface area contributed by atoms with Crippen molar-refractivity contribution in [1.29, 1.82) is 0 Å². The molecule has 4 nitrogen and oxygen atoms in total. The minimum absolute atomic E-state index is 0.0627. The summed E-state index contributed by atoms with van der Waals surface area (Å²) in [6, 6.07) is 7.93. The lowest BCUT2D eigenvalue weighted by Gasteiger charge is -2.22. The fourth-order valence-corrected chi connectivity index (χ4v) is 1.69. The molecule has 0 aromatic heterocycles. The zero-order valence-corrected chi connectivity index (χ0v) is 11.7. The second-order valence-corrected chi connectivity index (χ2v) is 4.57. The van der Waals surface area contributed by atoms with Crippen molar-refractivity contribution in [3.63, 3.8) is 0 Å². The molecule has 0 N–H and O–H groups in total. The summed E-state index contributed by atoms with van der Waals surface area (Å²) < 4.78 is 0. The van der Waals surface area contributed by atoms with Crippen LogP contribution in [0.4, 0.5) is 0 Å². The lowest BCUT2D eigenvalue weighted by atomic mass is 10.1. The number of aryl methyl sites for hydroxylation is 1. The third kappa shape index (κ3) is 4.25. The summed E-state index contributed by atoms with van der Waals surface area (Å²) in [6.45, 7) is 6.02. The van der Waals surface area contributed by atoms with E-state index < -0.39 is 0 Å². The molecule has 1 rings (SSSR count). The van der Waals surface area contributed by atoms with E-state index in [1.54, 1.807) is 19.0 Å². The first kappa shape index (κ1) is 15.0. The molecular weight excluding hydrogens is 240 g/mol. The average molecular weight is 260 g/mol. The normalized spacial score (nSPS) is 9.84. The first-order valence-corrected chi connectivity index (χ1v) is 6.11. The van der Waals surface area contributed by atoms with Gasteiger partial charge in [0.1, 0.15) is 0 Å². The number of hydrogen-bond donors (Lipinski definition) is 0. The number of rotatable bonds is 5. The molecule has 0 saturated heterocycles. The van der Waals surface area contributed by atoms with Crippen LogP contribution in [-0.4, -0.2) is 42.3 Å². The Bertz CT molecular complexity index is 483. The maximum atomic E-state index is 12.0. The van der Waals surface area contributed by atoms with Crippen molar-refractivity contribution >= 4 is 11.8 Å². The Labute approximate surface area is 114 Å². The number of likely N-dealkylation sites (N-methyl/N-ethyl adjacent to an activating group) is 2. The maximum absolute atomic E-state index is 12.0. The van der Waals surface area contributed by atoms with Crippen molar-refractivity contribution < 1.29 is 9.59 Å². The Morgan fingerprint density at radius 3 is 2.42 bits per heavy atom. The summed E-state index contributed by atoms with van der Waals surface area (Å²) in [4.78, 5) is 26.3. The topological polar surface area (TPSA) is 40.6 Å². The number of amides is 2. The molecule has 102 valence electrons. The zero-order valence-electron chi connectivity index (χ0n) is 11.7. The van der Waals surface area contributed by atoms with Crippen LogP contribution in [0.25, 0.3) is 0 Å². The number of nitrogens with zero attached hydrogens (tertiary/aromatic N) is 2. The van der Waals surface area contributed by atoms with Crippen molar-refractivity contribution in [2.24, 2.45) is 0 Å². The molecule has 19 heavy (non-hydrogen) atoms. The molecule has 0 spiro atoms. The van der Waals surface area contributed by atoms with Crippen LogP contribution in [0.3, 0.4) is 0 Å². The van der Waals surface area contributed by atoms with E-state index in [2.05, 4.69) is 6.58 Å². The van der Waals surface area contributed by atoms with Crippen LogP contribution < -0.4 is 0 Å². The quantitative estimate of drug-likeness (QED) is 0.754. The van der Waals surface area contributed by atoms with Gasteiger partial charge in [-0.3, -0.25) is 9.59 Å². The number of carbonyl (C=O) groups excluding carboxylic acids is 2.